The zero-order chi connectivity index (χ0) is 10.8. The first-order chi connectivity index (χ1) is 6.78. The smallest absolute Gasteiger partial charge is 0.0303 e. The molecule has 0 spiro atoms. The van der Waals surface area contributed by atoms with Crippen molar-refractivity contribution in [2.24, 2.45) is 11.8 Å². The van der Waals surface area contributed by atoms with Gasteiger partial charge in [-0.25, -0.2) is 0 Å². The molecule has 0 heterocycles. The Balaban J connectivity index is 3.75. The second-order valence-electron chi connectivity index (χ2n) is 3.97. The second-order valence-corrected chi connectivity index (χ2v) is 4.88. The summed E-state index contributed by atoms with van der Waals surface area (Å²) in [5.74, 6) is 7.50. The molecular weight excluding hydrogens is 192 g/mol. The summed E-state index contributed by atoms with van der Waals surface area (Å²) in [4.78, 5) is 0. The maximum Gasteiger partial charge on any atom is 0.0303 e. The molecule has 0 aliphatic carbocycles. The van der Waals surface area contributed by atoms with E-state index < -0.39 is 0 Å². The number of thioether (sulfide) groups is 1. The molecule has 86 valence electrons. The summed E-state index contributed by atoms with van der Waals surface area (Å²) < 4.78 is 0. The van der Waals surface area contributed by atoms with Crippen molar-refractivity contribution in [3.63, 3.8) is 0 Å². The standard InChI is InChI=1S/C11H26N2S/c1-4-6-7-10(5-2)8-11(13-12)9-14-3/h10-11,13H,4-9,12H2,1-3H3. The first kappa shape index (κ1) is 14.3. The second kappa shape index (κ2) is 9.81. The van der Waals surface area contributed by atoms with Gasteiger partial charge in [-0.1, -0.05) is 39.5 Å². The number of hydrogen-bond acceptors (Lipinski definition) is 3. The molecule has 0 aromatic rings. The van der Waals surface area contributed by atoms with Gasteiger partial charge in [-0.3, -0.25) is 11.3 Å². The van der Waals surface area contributed by atoms with Crippen LogP contribution in [0.5, 0.6) is 0 Å². The molecule has 0 aromatic heterocycles. The molecule has 0 radical (unpaired) electrons. The summed E-state index contributed by atoms with van der Waals surface area (Å²) >= 11 is 1.87. The number of hydrazine groups is 1. The van der Waals surface area contributed by atoms with E-state index in [0.29, 0.717) is 6.04 Å². The summed E-state index contributed by atoms with van der Waals surface area (Å²) in [6.45, 7) is 4.54. The number of unbranched alkanes of at least 4 members (excludes halogenated alkanes) is 1. The van der Waals surface area contributed by atoms with E-state index in [2.05, 4.69) is 25.5 Å². The Kier molecular flexibility index (Phi) is 10.0. The molecule has 0 bridgehead atoms. The van der Waals surface area contributed by atoms with Crippen LogP contribution in [0, 0.1) is 5.92 Å². The van der Waals surface area contributed by atoms with E-state index in [-0.39, 0.29) is 0 Å². The maximum absolute atomic E-state index is 5.53. The fraction of sp³-hybridized carbons (Fsp3) is 1.00. The predicted octanol–water partition coefficient (Wildman–Crippen LogP) is 2.79. The van der Waals surface area contributed by atoms with Crippen molar-refractivity contribution in [2.45, 2.75) is 52.0 Å². The molecule has 0 saturated carbocycles. The Bertz CT molecular complexity index is 120. The molecule has 0 aliphatic heterocycles. The lowest BCUT2D eigenvalue weighted by Crippen LogP contribution is -2.38. The summed E-state index contributed by atoms with van der Waals surface area (Å²) in [5.41, 5.74) is 2.92. The fourth-order valence-corrected chi connectivity index (χ4v) is 2.40. The molecule has 3 heteroatoms. The number of nitrogens with one attached hydrogen (secondary N) is 1. The largest absolute Gasteiger partial charge is 0.271 e. The van der Waals surface area contributed by atoms with Gasteiger partial charge in [0.1, 0.15) is 0 Å². The molecule has 3 N–H and O–H groups in total. The van der Waals surface area contributed by atoms with E-state index in [1.54, 1.807) is 0 Å². The van der Waals surface area contributed by atoms with Crippen LogP contribution in [0.1, 0.15) is 46.0 Å². The normalized spacial score (nSPS) is 15.4. The highest BCUT2D eigenvalue weighted by Crippen LogP contribution is 2.19. The van der Waals surface area contributed by atoms with Gasteiger partial charge in [0.25, 0.3) is 0 Å². The van der Waals surface area contributed by atoms with Gasteiger partial charge in [0.2, 0.25) is 0 Å². The number of hydrogen-bond donors (Lipinski definition) is 2. The SMILES string of the molecule is CCCCC(CC)CC(CSC)NN. The van der Waals surface area contributed by atoms with Crippen LogP contribution in [-0.2, 0) is 0 Å². The van der Waals surface area contributed by atoms with E-state index >= 15 is 0 Å². The van der Waals surface area contributed by atoms with Gasteiger partial charge in [-0.15, -0.1) is 0 Å². The Morgan fingerprint density at radius 1 is 1.36 bits per heavy atom. The zero-order valence-electron chi connectivity index (χ0n) is 9.88. The van der Waals surface area contributed by atoms with Crippen LogP contribution < -0.4 is 11.3 Å². The predicted molar refractivity (Wildman–Crippen MR) is 67.4 cm³/mol. The zero-order valence-corrected chi connectivity index (χ0v) is 10.7. The van der Waals surface area contributed by atoms with Crippen molar-refractivity contribution in [3.8, 4) is 0 Å². The average Bonchev–Trinajstić information content (AvgIpc) is 2.22. The molecule has 0 saturated heterocycles. The van der Waals surface area contributed by atoms with Gasteiger partial charge in [-0.2, -0.15) is 11.8 Å². The van der Waals surface area contributed by atoms with E-state index in [1.165, 1.54) is 32.1 Å². The van der Waals surface area contributed by atoms with Crippen LogP contribution in [0.15, 0.2) is 0 Å². The van der Waals surface area contributed by atoms with Crippen molar-refractivity contribution in [3.05, 3.63) is 0 Å². The first-order valence-electron chi connectivity index (χ1n) is 5.73. The third kappa shape index (κ3) is 6.68. The maximum atomic E-state index is 5.53. The van der Waals surface area contributed by atoms with Crippen molar-refractivity contribution in [1.29, 1.82) is 0 Å². The highest BCUT2D eigenvalue weighted by molar-refractivity contribution is 7.98. The minimum Gasteiger partial charge on any atom is -0.271 e. The summed E-state index contributed by atoms with van der Waals surface area (Å²) in [6, 6.07) is 0.492. The highest BCUT2D eigenvalue weighted by atomic mass is 32.2. The fourth-order valence-electron chi connectivity index (χ4n) is 1.77. The minimum atomic E-state index is 0.492. The third-order valence-corrected chi connectivity index (χ3v) is 3.50. The summed E-state index contributed by atoms with van der Waals surface area (Å²) in [6.07, 6.45) is 8.67. The number of nitrogens with two attached hydrogens (primary N) is 1. The van der Waals surface area contributed by atoms with Gasteiger partial charge in [0, 0.05) is 11.8 Å². The Morgan fingerprint density at radius 2 is 2.07 bits per heavy atom. The molecule has 0 aliphatic rings. The lowest BCUT2D eigenvalue weighted by atomic mass is 9.93. The molecule has 0 aromatic carbocycles. The summed E-state index contributed by atoms with van der Waals surface area (Å²) in [5, 5.41) is 0. The molecule has 14 heavy (non-hydrogen) atoms. The van der Waals surface area contributed by atoms with Crippen LogP contribution in [0.2, 0.25) is 0 Å². The van der Waals surface area contributed by atoms with Crippen LogP contribution in [0.3, 0.4) is 0 Å². The molecule has 2 atom stereocenters. The molecule has 0 fully saturated rings. The Hall–Kier alpha value is 0.270. The van der Waals surface area contributed by atoms with Gasteiger partial charge >= 0.3 is 0 Å². The van der Waals surface area contributed by atoms with E-state index in [0.717, 1.165) is 11.7 Å². The van der Waals surface area contributed by atoms with E-state index in [1.807, 2.05) is 11.8 Å². The Labute approximate surface area is 93.4 Å². The third-order valence-electron chi connectivity index (χ3n) is 2.76. The van der Waals surface area contributed by atoms with Crippen LogP contribution in [0.25, 0.3) is 0 Å². The Morgan fingerprint density at radius 3 is 2.50 bits per heavy atom. The topological polar surface area (TPSA) is 38.0 Å². The molecule has 2 nitrogen and oxygen atoms in total. The van der Waals surface area contributed by atoms with Gasteiger partial charge in [0.15, 0.2) is 0 Å². The monoisotopic (exact) mass is 218 g/mol. The number of rotatable bonds is 9. The van der Waals surface area contributed by atoms with Crippen LogP contribution in [-0.4, -0.2) is 18.1 Å². The highest BCUT2D eigenvalue weighted by Gasteiger charge is 2.13. The van der Waals surface area contributed by atoms with Gasteiger partial charge in [-0.05, 0) is 18.6 Å². The van der Waals surface area contributed by atoms with Crippen LogP contribution in [0.4, 0.5) is 0 Å². The lowest BCUT2D eigenvalue weighted by molar-refractivity contribution is 0.367. The van der Waals surface area contributed by atoms with Crippen molar-refractivity contribution < 1.29 is 0 Å². The van der Waals surface area contributed by atoms with E-state index in [9.17, 15) is 0 Å². The average molecular weight is 218 g/mol. The van der Waals surface area contributed by atoms with Gasteiger partial charge in [0.05, 0.1) is 0 Å². The van der Waals surface area contributed by atoms with Crippen molar-refractivity contribution in [2.75, 3.05) is 12.0 Å². The molecule has 2 unspecified atom stereocenters. The van der Waals surface area contributed by atoms with E-state index in [4.69, 9.17) is 5.84 Å². The quantitative estimate of drug-likeness (QED) is 0.462. The molecule has 0 rings (SSSR count). The van der Waals surface area contributed by atoms with Crippen molar-refractivity contribution in [1.82, 2.24) is 5.43 Å². The summed E-state index contributed by atoms with van der Waals surface area (Å²) in [7, 11) is 0. The first-order valence-corrected chi connectivity index (χ1v) is 7.12. The van der Waals surface area contributed by atoms with Crippen LogP contribution >= 0.6 is 11.8 Å². The molecular formula is C11H26N2S. The lowest BCUT2D eigenvalue weighted by Gasteiger charge is -2.21. The van der Waals surface area contributed by atoms with Crippen molar-refractivity contribution >= 4 is 11.8 Å². The van der Waals surface area contributed by atoms with Gasteiger partial charge < -0.3 is 0 Å². The minimum absolute atomic E-state index is 0.492. The molecule has 0 amide bonds.